The minimum absolute atomic E-state index is 0. The highest BCUT2D eigenvalue weighted by Gasteiger charge is 2.15. The zero-order chi connectivity index (χ0) is 13.8. The molecule has 0 radical (unpaired) electrons. The lowest BCUT2D eigenvalue weighted by molar-refractivity contribution is 0.493. The number of rotatable bonds is 3. The van der Waals surface area contributed by atoms with Crippen LogP contribution < -0.4 is 5.32 Å². The number of halogens is 1. The third-order valence-electron chi connectivity index (χ3n) is 4.31. The summed E-state index contributed by atoms with van der Waals surface area (Å²) in [6.45, 7) is 6.18. The molecule has 1 N–H and O–H groups in total. The van der Waals surface area contributed by atoms with Gasteiger partial charge in [-0.1, -0.05) is 18.2 Å². The molecule has 1 aliphatic carbocycles. The maximum atomic E-state index is 4.82. The molecule has 1 aliphatic heterocycles. The molecule has 1 fully saturated rings. The Morgan fingerprint density at radius 1 is 1.14 bits per heavy atom. The Kier molecular flexibility index (Phi) is 6.33. The monoisotopic (exact) mass is 399 g/mol. The predicted molar refractivity (Wildman–Crippen MR) is 99.5 cm³/mol. The lowest BCUT2D eigenvalue weighted by Crippen LogP contribution is -2.39. The summed E-state index contributed by atoms with van der Waals surface area (Å²) < 4.78 is 0. The lowest BCUT2D eigenvalue weighted by Gasteiger charge is -2.20. The zero-order valence-corrected chi connectivity index (χ0v) is 15.2. The molecule has 0 amide bonds. The molecular weight excluding hydrogens is 373 g/mol. The summed E-state index contributed by atoms with van der Waals surface area (Å²) in [6.07, 6.45) is 6.42. The first-order valence-corrected chi connectivity index (χ1v) is 8.01. The number of likely N-dealkylation sites (tertiary alicyclic amines) is 1. The first kappa shape index (κ1) is 16.6. The molecule has 0 saturated carbocycles. The molecule has 0 atom stereocenters. The lowest BCUT2D eigenvalue weighted by atomic mass is 10.1. The molecule has 1 aromatic carbocycles. The predicted octanol–water partition coefficient (Wildman–Crippen LogP) is 3.35. The fourth-order valence-electron chi connectivity index (χ4n) is 3.24. The van der Waals surface area contributed by atoms with Crippen LogP contribution >= 0.6 is 24.0 Å². The average Bonchev–Trinajstić information content (AvgIpc) is 3.13. The van der Waals surface area contributed by atoms with Crippen LogP contribution in [0.3, 0.4) is 0 Å². The number of aryl methyl sites for hydroxylation is 2. The van der Waals surface area contributed by atoms with Crippen LogP contribution in [0.2, 0.25) is 0 Å². The minimum atomic E-state index is 0. The highest BCUT2D eigenvalue weighted by Crippen LogP contribution is 2.23. The van der Waals surface area contributed by atoms with Gasteiger partial charge in [0.1, 0.15) is 0 Å². The second kappa shape index (κ2) is 8.01. The van der Waals surface area contributed by atoms with E-state index in [9.17, 15) is 0 Å². The number of nitrogens with zero attached hydrogens (tertiary/aromatic N) is 2. The SMILES string of the molecule is CCNC(=NCc1ccc2c(c1)CCC2)N1CCCC1.I. The van der Waals surface area contributed by atoms with Crippen LogP contribution in [0.4, 0.5) is 0 Å². The third-order valence-corrected chi connectivity index (χ3v) is 4.31. The quantitative estimate of drug-likeness (QED) is 0.480. The van der Waals surface area contributed by atoms with Crippen molar-refractivity contribution in [2.24, 2.45) is 4.99 Å². The number of fused-ring (bicyclic) bond motifs is 1. The molecule has 1 saturated heterocycles. The highest BCUT2D eigenvalue weighted by molar-refractivity contribution is 14.0. The van der Waals surface area contributed by atoms with Crippen molar-refractivity contribution in [2.75, 3.05) is 19.6 Å². The molecule has 4 heteroatoms. The van der Waals surface area contributed by atoms with Gasteiger partial charge in [-0.15, -0.1) is 24.0 Å². The van der Waals surface area contributed by atoms with Crippen LogP contribution in [0.5, 0.6) is 0 Å². The van der Waals surface area contributed by atoms with Crippen molar-refractivity contribution in [3.05, 3.63) is 34.9 Å². The van der Waals surface area contributed by atoms with Crippen LogP contribution in [0.1, 0.15) is 42.9 Å². The van der Waals surface area contributed by atoms with Gasteiger partial charge in [-0.05, 0) is 55.7 Å². The van der Waals surface area contributed by atoms with Crippen molar-refractivity contribution in [3.63, 3.8) is 0 Å². The van der Waals surface area contributed by atoms with Crippen molar-refractivity contribution in [1.82, 2.24) is 10.2 Å². The van der Waals surface area contributed by atoms with Gasteiger partial charge in [0.05, 0.1) is 6.54 Å². The summed E-state index contributed by atoms with van der Waals surface area (Å²) in [7, 11) is 0. The average molecular weight is 399 g/mol. The summed E-state index contributed by atoms with van der Waals surface area (Å²) in [6, 6.07) is 6.91. The smallest absolute Gasteiger partial charge is 0.194 e. The number of nitrogens with one attached hydrogen (secondary N) is 1. The van der Waals surface area contributed by atoms with Gasteiger partial charge in [0.15, 0.2) is 5.96 Å². The van der Waals surface area contributed by atoms with Crippen LogP contribution in [-0.2, 0) is 19.4 Å². The Morgan fingerprint density at radius 3 is 2.67 bits per heavy atom. The van der Waals surface area contributed by atoms with Crippen molar-refractivity contribution in [1.29, 1.82) is 0 Å². The molecule has 3 rings (SSSR count). The maximum absolute atomic E-state index is 4.82. The molecule has 21 heavy (non-hydrogen) atoms. The van der Waals surface area contributed by atoms with Crippen molar-refractivity contribution in [2.45, 2.75) is 45.6 Å². The molecule has 0 unspecified atom stereocenters. The van der Waals surface area contributed by atoms with Crippen LogP contribution in [-0.4, -0.2) is 30.5 Å². The summed E-state index contributed by atoms with van der Waals surface area (Å²) in [5.41, 5.74) is 4.44. The van der Waals surface area contributed by atoms with Crippen molar-refractivity contribution in [3.8, 4) is 0 Å². The van der Waals surface area contributed by atoms with Crippen molar-refractivity contribution < 1.29 is 0 Å². The Hall–Kier alpha value is -0.780. The Labute approximate surface area is 145 Å². The van der Waals surface area contributed by atoms with E-state index in [1.165, 1.54) is 37.7 Å². The molecule has 3 nitrogen and oxygen atoms in total. The summed E-state index contributed by atoms with van der Waals surface area (Å²) in [5, 5.41) is 3.42. The Morgan fingerprint density at radius 2 is 1.90 bits per heavy atom. The standard InChI is InChI=1S/C17H25N3.HI/c1-2-18-17(20-10-3-4-11-20)19-13-14-8-9-15-6-5-7-16(15)12-14;/h8-9,12H,2-7,10-11,13H2,1H3,(H,18,19);1H. The van der Waals surface area contributed by atoms with Gasteiger partial charge in [0, 0.05) is 19.6 Å². The topological polar surface area (TPSA) is 27.6 Å². The molecule has 2 aliphatic rings. The third kappa shape index (κ3) is 4.11. The van der Waals surface area contributed by atoms with Gasteiger partial charge in [-0.25, -0.2) is 4.99 Å². The molecule has 1 heterocycles. The van der Waals surface area contributed by atoms with E-state index >= 15 is 0 Å². The number of guanidine groups is 1. The van der Waals surface area contributed by atoms with E-state index in [0.29, 0.717) is 0 Å². The molecular formula is C17H26IN3. The summed E-state index contributed by atoms with van der Waals surface area (Å²) in [5.74, 6) is 1.09. The first-order valence-electron chi connectivity index (χ1n) is 8.01. The van der Waals surface area contributed by atoms with Gasteiger partial charge < -0.3 is 10.2 Å². The van der Waals surface area contributed by atoms with Gasteiger partial charge in [-0.2, -0.15) is 0 Å². The summed E-state index contributed by atoms with van der Waals surface area (Å²) in [4.78, 5) is 7.21. The largest absolute Gasteiger partial charge is 0.357 e. The van der Waals surface area contributed by atoms with E-state index < -0.39 is 0 Å². The normalized spacial score (nSPS) is 17.6. The van der Waals surface area contributed by atoms with E-state index in [1.54, 1.807) is 11.1 Å². The number of hydrogen-bond acceptors (Lipinski definition) is 1. The molecule has 1 aromatic rings. The Balaban J connectivity index is 0.00000161. The molecule has 116 valence electrons. The Bertz CT molecular complexity index is 493. The summed E-state index contributed by atoms with van der Waals surface area (Å²) >= 11 is 0. The van der Waals surface area contributed by atoms with Gasteiger partial charge in [0.25, 0.3) is 0 Å². The fraction of sp³-hybridized carbons (Fsp3) is 0.588. The second-order valence-electron chi connectivity index (χ2n) is 5.82. The first-order chi connectivity index (χ1) is 9.86. The highest BCUT2D eigenvalue weighted by atomic mass is 127. The molecule has 0 spiro atoms. The molecule has 0 bridgehead atoms. The van der Waals surface area contributed by atoms with E-state index in [2.05, 4.69) is 35.3 Å². The van der Waals surface area contributed by atoms with Crippen molar-refractivity contribution >= 4 is 29.9 Å². The van der Waals surface area contributed by atoms with E-state index in [0.717, 1.165) is 32.1 Å². The van der Waals surface area contributed by atoms with E-state index in [4.69, 9.17) is 4.99 Å². The number of aliphatic imine (C=N–C) groups is 1. The number of hydrogen-bond donors (Lipinski definition) is 1. The van der Waals surface area contributed by atoms with Crippen LogP contribution in [0.15, 0.2) is 23.2 Å². The van der Waals surface area contributed by atoms with Gasteiger partial charge in [-0.3, -0.25) is 0 Å². The number of benzene rings is 1. The zero-order valence-electron chi connectivity index (χ0n) is 12.9. The van der Waals surface area contributed by atoms with E-state index in [1.807, 2.05) is 0 Å². The second-order valence-corrected chi connectivity index (χ2v) is 5.82. The molecule has 0 aromatic heterocycles. The van der Waals surface area contributed by atoms with Crippen LogP contribution in [0, 0.1) is 0 Å². The fourth-order valence-corrected chi connectivity index (χ4v) is 3.24. The van der Waals surface area contributed by atoms with Gasteiger partial charge in [0.2, 0.25) is 0 Å². The van der Waals surface area contributed by atoms with Gasteiger partial charge >= 0.3 is 0 Å². The minimum Gasteiger partial charge on any atom is -0.357 e. The van der Waals surface area contributed by atoms with Crippen LogP contribution in [0.25, 0.3) is 0 Å². The van der Waals surface area contributed by atoms with E-state index in [-0.39, 0.29) is 24.0 Å². The maximum Gasteiger partial charge on any atom is 0.194 e.